The summed E-state index contributed by atoms with van der Waals surface area (Å²) in [6.07, 6.45) is 6.34. The fourth-order valence-electron chi connectivity index (χ4n) is 2.12. The monoisotopic (exact) mass is 286 g/mol. The molecule has 5 nitrogen and oxygen atoms in total. The van der Waals surface area contributed by atoms with E-state index in [1.54, 1.807) is 0 Å². The Kier molecular flexibility index (Phi) is 5.09. The largest absolute Gasteiger partial charge is 0.421 e. The van der Waals surface area contributed by atoms with Crippen LogP contribution in [0.3, 0.4) is 0 Å². The molecule has 0 saturated carbocycles. The van der Waals surface area contributed by atoms with Gasteiger partial charge < -0.3 is 4.90 Å². The van der Waals surface area contributed by atoms with Gasteiger partial charge in [-0.25, -0.2) is 9.13 Å². The van der Waals surface area contributed by atoms with Crippen molar-refractivity contribution >= 4 is 17.3 Å². The van der Waals surface area contributed by atoms with Crippen LogP contribution in [0.25, 0.3) is 0 Å². The van der Waals surface area contributed by atoms with Gasteiger partial charge in [0.25, 0.3) is 0 Å². The molecule has 0 atom stereocenters. The lowest BCUT2D eigenvalue weighted by Gasteiger charge is -2.18. The molecule has 5 heteroatoms. The zero-order chi connectivity index (χ0) is 15.2. The number of nitrogens with zero attached hydrogens (tertiary/aromatic N) is 5. The van der Waals surface area contributed by atoms with Gasteiger partial charge in [0.1, 0.15) is 5.69 Å². The minimum absolute atomic E-state index is 0.819. The molecule has 1 heterocycles. The van der Waals surface area contributed by atoms with Crippen LogP contribution in [0.5, 0.6) is 0 Å². The van der Waals surface area contributed by atoms with Crippen molar-refractivity contribution in [2.45, 2.75) is 19.8 Å². The highest BCUT2D eigenvalue weighted by Crippen LogP contribution is 2.20. The molecule has 0 aliphatic heterocycles. The van der Waals surface area contributed by atoms with Gasteiger partial charge in [0, 0.05) is 24.4 Å². The second kappa shape index (κ2) is 7.02. The smallest absolute Gasteiger partial charge is 0.375 e. The van der Waals surface area contributed by atoms with Gasteiger partial charge in [-0.05, 0) is 30.7 Å². The number of unbranched alkanes of at least 4 members (excludes halogenated alkanes) is 1. The van der Waals surface area contributed by atoms with Crippen molar-refractivity contribution in [3.63, 3.8) is 0 Å². The van der Waals surface area contributed by atoms with Gasteiger partial charge in [-0.2, -0.15) is 0 Å². The van der Waals surface area contributed by atoms with E-state index in [0.29, 0.717) is 0 Å². The molecular formula is C16H24N5+. The molecule has 1 aromatic carbocycles. The number of hydrogen-bond donors (Lipinski definition) is 0. The van der Waals surface area contributed by atoms with E-state index in [4.69, 9.17) is 0 Å². The summed E-state index contributed by atoms with van der Waals surface area (Å²) in [5, 5.41) is 8.59. The molecule has 0 unspecified atom stereocenters. The quantitative estimate of drug-likeness (QED) is 0.591. The van der Waals surface area contributed by atoms with Gasteiger partial charge in [-0.3, -0.25) is 0 Å². The normalized spacial score (nSPS) is 11.2. The average molecular weight is 286 g/mol. The Labute approximate surface area is 126 Å². The number of aryl methyl sites for hydroxylation is 2. The number of anilines is 1. The lowest BCUT2D eigenvalue weighted by molar-refractivity contribution is -0.657. The highest BCUT2D eigenvalue weighted by Gasteiger charge is 2.10. The van der Waals surface area contributed by atoms with Crippen molar-refractivity contribution in [3.8, 4) is 0 Å². The lowest BCUT2D eigenvalue weighted by atomic mass is 10.2. The molecule has 0 saturated heterocycles. The summed E-state index contributed by atoms with van der Waals surface area (Å²) < 4.78 is 3.88. The average Bonchev–Trinajstić information content (AvgIpc) is 2.82. The van der Waals surface area contributed by atoms with E-state index in [1.807, 2.05) is 47.8 Å². The molecule has 0 radical (unpaired) electrons. The van der Waals surface area contributed by atoms with E-state index < -0.39 is 0 Å². The summed E-state index contributed by atoms with van der Waals surface area (Å²) in [5.41, 5.74) is 2.08. The highest BCUT2D eigenvalue weighted by atomic mass is 15.3. The molecule has 21 heavy (non-hydrogen) atoms. The Bertz CT molecular complexity index is 578. The third-order valence-corrected chi connectivity index (χ3v) is 3.54. The van der Waals surface area contributed by atoms with Gasteiger partial charge in [-0.15, -0.1) is 0 Å². The van der Waals surface area contributed by atoms with Crippen molar-refractivity contribution in [2.24, 2.45) is 24.3 Å². The maximum atomic E-state index is 4.30. The van der Waals surface area contributed by atoms with Gasteiger partial charge in [-0.1, -0.05) is 18.5 Å². The second-order valence-corrected chi connectivity index (χ2v) is 5.31. The van der Waals surface area contributed by atoms with Gasteiger partial charge in [0.2, 0.25) is 0 Å². The van der Waals surface area contributed by atoms with Crippen LogP contribution >= 0.6 is 0 Å². The first kappa shape index (κ1) is 15.2. The molecule has 0 aliphatic carbocycles. The standard InChI is InChI=1S/C16H24N5/c1-5-6-11-19(2)15-9-7-14(8-10-15)17-18-16-20(3)12-13-21(16)4/h7-10,12-13H,5-6,11H2,1-4H3/q+1. The number of rotatable bonds is 6. The first-order chi connectivity index (χ1) is 10.1. The number of aromatic nitrogens is 2. The SMILES string of the molecule is CCCCN(C)c1ccc(N=Nc2n(C)cc[n+]2C)cc1. The number of imidazole rings is 1. The summed E-state index contributed by atoms with van der Waals surface area (Å²) in [5.74, 6) is 0.819. The van der Waals surface area contributed by atoms with Crippen molar-refractivity contribution in [2.75, 3.05) is 18.5 Å². The Balaban J connectivity index is 2.06. The first-order valence-corrected chi connectivity index (χ1v) is 7.35. The Morgan fingerprint density at radius 1 is 1.19 bits per heavy atom. The van der Waals surface area contributed by atoms with Crippen molar-refractivity contribution in [3.05, 3.63) is 36.7 Å². The molecule has 112 valence electrons. The van der Waals surface area contributed by atoms with Crippen molar-refractivity contribution in [1.82, 2.24) is 4.57 Å². The number of hydrogen-bond acceptors (Lipinski definition) is 3. The summed E-state index contributed by atoms with van der Waals surface area (Å²) in [6, 6.07) is 8.19. The Hall–Kier alpha value is -2.17. The molecule has 1 aromatic heterocycles. The van der Waals surface area contributed by atoms with Crippen molar-refractivity contribution in [1.29, 1.82) is 0 Å². The van der Waals surface area contributed by atoms with Gasteiger partial charge in [0.15, 0.2) is 0 Å². The van der Waals surface area contributed by atoms with Crippen LogP contribution in [-0.4, -0.2) is 18.2 Å². The van der Waals surface area contributed by atoms with Crippen LogP contribution in [0.4, 0.5) is 17.3 Å². The second-order valence-electron chi connectivity index (χ2n) is 5.31. The molecule has 0 amide bonds. The summed E-state index contributed by atoms with van der Waals surface area (Å²) in [6.45, 7) is 3.29. The van der Waals surface area contributed by atoms with Crippen LogP contribution in [0.1, 0.15) is 19.8 Å². The van der Waals surface area contributed by atoms with Gasteiger partial charge in [0.05, 0.1) is 26.5 Å². The van der Waals surface area contributed by atoms with E-state index in [0.717, 1.165) is 18.2 Å². The predicted octanol–water partition coefficient (Wildman–Crippen LogP) is 3.50. The molecular weight excluding hydrogens is 262 g/mol. The first-order valence-electron chi connectivity index (χ1n) is 7.35. The zero-order valence-corrected chi connectivity index (χ0v) is 13.3. The number of azo groups is 1. The van der Waals surface area contributed by atoms with E-state index >= 15 is 0 Å². The molecule has 0 spiro atoms. The summed E-state index contributed by atoms with van der Waals surface area (Å²) in [4.78, 5) is 2.27. The molecule has 0 fully saturated rings. The predicted molar refractivity (Wildman–Crippen MR) is 85.4 cm³/mol. The van der Waals surface area contributed by atoms with E-state index in [-0.39, 0.29) is 0 Å². The van der Waals surface area contributed by atoms with Crippen LogP contribution in [0.15, 0.2) is 46.9 Å². The highest BCUT2D eigenvalue weighted by molar-refractivity contribution is 5.52. The number of benzene rings is 1. The van der Waals surface area contributed by atoms with Crippen molar-refractivity contribution < 1.29 is 4.57 Å². The molecule has 0 N–H and O–H groups in total. The fraction of sp³-hybridized carbons (Fsp3) is 0.438. The van der Waals surface area contributed by atoms with E-state index in [2.05, 4.69) is 41.2 Å². The molecule has 2 rings (SSSR count). The topological polar surface area (TPSA) is 36.8 Å². The lowest BCUT2D eigenvalue weighted by Crippen LogP contribution is -2.25. The molecule has 0 bridgehead atoms. The summed E-state index contributed by atoms with van der Waals surface area (Å²) >= 11 is 0. The van der Waals surface area contributed by atoms with Crippen LogP contribution in [0, 0.1) is 0 Å². The molecule has 2 aromatic rings. The minimum Gasteiger partial charge on any atom is -0.375 e. The zero-order valence-electron chi connectivity index (χ0n) is 13.3. The van der Waals surface area contributed by atoms with Crippen LogP contribution in [0.2, 0.25) is 0 Å². The molecule has 0 aliphatic rings. The van der Waals surface area contributed by atoms with Crippen LogP contribution < -0.4 is 9.47 Å². The van der Waals surface area contributed by atoms with Gasteiger partial charge >= 0.3 is 5.95 Å². The Morgan fingerprint density at radius 2 is 1.90 bits per heavy atom. The summed E-state index contributed by atoms with van der Waals surface area (Å²) in [7, 11) is 6.04. The Morgan fingerprint density at radius 3 is 2.48 bits per heavy atom. The third-order valence-electron chi connectivity index (χ3n) is 3.54. The third kappa shape index (κ3) is 3.90. The maximum absolute atomic E-state index is 4.30. The maximum Gasteiger partial charge on any atom is 0.421 e. The minimum atomic E-state index is 0.819. The van der Waals surface area contributed by atoms with E-state index in [1.165, 1.54) is 18.5 Å². The fourth-order valence-corrected chi connectivity index (χ4v) is 2.12. The van der Waals surface area contributed by atoms with E-state index in [9.17, 15) is 0 Å². The van der Waals surface area contributed by atoms with Crippen LogP contribution in [-0.2, 0) is 14.1 Å².